The molecule has 2 nitrogen and oxygen atoms in total. The van der Waals surface area contributed by atoms with Gasteiger partial charge in [0.25, 0.3) is 0 Å². The maximum atomic E-state index is 9.87. The summed E-state index contributed by atoms with van der Waals surface area (Å²) < 4.78 is 5.67. The Morgan fingerprint density at radius 1 is 1.29 bits per heavy atom. The van der Waals surface area contributed by atoms with Crippen LogP contribution in [0.3, 0.4) is 0 Å². The molecule has 0 bridgehead atoms. The van der Waals surface area contributed by atoms with Crippen LogP contribution in [0.25, 0.3) is 0 Å². The zero-order valence-corrected chi connectivity index (χ0v) is 9.61. The molecule has 0 fully saturated rings. The van der Waals surface area contributed by atoms with Crippen molar-refractivity contribution in [3.05, 3.63) is 47.7 Å². The third-order valence-electron chi connectivity index (χ3n) is 2.75. The zero-order chi connectivity index (χ0) is 11.8. The molecule has 1 N–H and O–H groups in total. The minimum Gasteiger partial charge on any atom is -0.507 e. The Balaban J connectivity index is 2.17. The van der Waals surface area contributed by atoms with Crippen LogP contribution >= 0.6 is 11.6 Å². The molecule has 2 atom stereocenters. The minimum atomic E-state index is -0.303. The summed E-state index contributed by atoms with van der Waals surface area (Å²) in [5, 5.41) is 9.57. The van der Waals surface area contributed by atoms with Crippen LogP contribution < -0.4 is 4.74 Å². The molecule has 1 aromatic rings. The maximum Gasteiger partial charge on any atom is 0.135 e. The van der Waals surface area contributed by atoms with Gasteiger partial charge in [-0.25, -0.2) is 0 Å². The van der Waals surface area contributed by atoms with Crippen molar-refractivity contribution in [1.29, 1.82) is 0 Å². The molecule has 0 aromatic heterocycles. The second-order valence-electron chi connectivity index (χ2n) is 3.87. The van der Waals surface area contributed by atoms with Gasteiger partial charge in [-0.2, -0.15) is 0 Å². The highest BCUT2D eigenvalue weighted by atomic mass is 35.5. The summed E-state index contributed by atoms with van der Waals surface area (Å²) in [5.41, 5.74) is 0.727. The summed E-state index contributed by atoms with van der Waals surface area (Å²) in [5.74, 6) is 7.34. The van der Waals surface area contributed by atoms with Gasteiger partial charge in [-0.15, -0.1) is 11.6 Å². The lowest BCUT2D eigenvalue weighted by Gasteiger charge is -2.05. The van der Waals surface area contributed by atoms with Crippen LogP contribution in [0.1, 0.15) is 11.5 Å². The Bertz CT molecular complexity index is 590. The number of rotatable bonds is 0. The molecule has 1 aliphatic carbocycles. The topological polar surface area (TPSA) is 29.5 Å². The molecule has 1 aliphatic heterocycles. The van der Waals surface area contributed by atoms with Crippen LogP contribution in [0.4, 0.5) is 0 Å². The summed E-state index contributed by atoms with van der Waals surface area (Å²) in [4.78, 5) is 0. The molecule has 0 amide bonds. The van der Waals surface area contributed by atoms with E-state index in [0.29, 0.717) is 5.75 Å². The lowest BCUT2D eigenvalue weighted by molar-refractivity contribution is 0.439. The first-order valence-electron chi connectivity index (χ1n) is 5.29. The molecular formula is C14H9ClO2. The van der Waals surface area contributed by atoms with Gasteiger partial charge in [-0.05, 0) is 18.2 Å². The van der Waals surface area contributed by atoms with Gasteiger partial charge < -0.3 is 9.84 Å². The Labute approximate surface area is 104 Å². The monoisotopic (exact) mass is 244 g/mol. The highest BCUT2D eigenvalue weighted by Gasteiger charge is 2.31. The normalized spacial score (nSPS) is 29.4. The van der Waals surface area contributed by atoms with Crippen LogP contribution in [-0.2, 0) is 0 Å². The lowest BCUT2D eigenvalue weighted by Crippen LogP contribution is -1.99. The fourth-order valence-corrected chi connectivity index (χ4v) is 2.12. The number of aromatic hydroxyl groups is 1. The second-order valence-corrected chi connectivity index (χ2v) is 4.34. The predicted molar refractivity (Wildman–Crippen MR) is 66.1 cm³/mol. The van der Waals surface area contributed by atoms with E-state index in [4.69, 9.17) is 16.3 Å². The number of hydrogen-bond donors (Lipinski definition) is 1. The van der Waals surface area contributed by atoms with Crippen molar-refractivity contribution in [2.24, 2.45) is 0 Å². The van der Waals surface area contributed by atoms with Crippen molar-refractivity contribution in [2.45, 2.75) is 11.3 Å². The van der Waals surface area contributed by atoms with Crippen LogP contribution in [0.5, 0.6) is 11.5 Å². The first-order chi connectivity index (χ1) is 8.25. The van der Waals surface area contributed by atoms with Crippen molar-refractivity contribution in [3.63, 3.8) is 0 Å². The van der Waals surface area contributed by atoms with Crippen LogP contribution in [-0.4, -0.2) is 10.5 Å². The summed E-state index contributed by atoms with van der Waals surface area (Å²) in [6, 6.07) is 5.21. The van der Waals surface area contributed by atoms with E-state index in [9.17, 15) is 5.11 Å². The minimum absolute atomic E-state index is 0.209. The van der Waals surface area contributed by atoms with E-state index in [1.807, 2.05) is 18.2 Å². The summed E-state index contributed by atoms with van der Waals surface area (Å²) in [6.07, 6.45) is 5.47. The smallest absolute Gasteiger partial charge is 0.135 e. The number of fused-ring (bicyclic) bond motifs is 3. The number of alkyl halides is 1. The number of benzene rings is 1. The molecule has 0 spiro atoms. The third-order valence-corrected chi connectivity index (χ3v) is 3.00. The largest absolute Gasteiger partial charge is 0.507 e. The molecule has 3 heteroatoms. The van der Waals surface area contributed by atoms with E-state index >= 15 is 0 Å². The maximum absolute atomic E-state index is 9.87. The van der Waals surface area contributed by atoms with Crippen molar-refractivity contribution in [2.75, 3.05) is 0 Å². The van der Waals surface area contributed by atoms with E-state index in [1.54, 1.807) is 18.2 Å². The Hall–Kier alpha value is -1.85. The standard InChI is InChI=1S/C14H9ClO2/c15-9-3-1-5-12-10(8-7-9)14-11(16)4-2-6-13(14)17-12/h1-6,9-10,16H/b3-1-,12-5+. The van der Waals surface area contributed by atoms with Crippen molar-refractivity contribution < 1.29 is 9.84 Å². The van der Waals surface area contributed by atoms with Crippen molar-refractivity contribution in [1.82, 2.24) is 0 Å². The summed E-state index contributed by atoms with van der Waals surface area (Å²) in [6.45, 7) is 0. The van der Waals surface area contributed by atoms with Gasteiger partial charge in [0.15, 0.2) is 0 Å². The quantitative estimate of drug-likeness (QED) is 0.562. The highest BCUT2D eigenvalue weighted by molar-refractivity contribution is 6.23. The number of phenolic OH excluding ortho intramolecular Hbond substituents is 1. The number of allylic oxidation sites excluding steroid dienone is 4. The average Bonchev–Trinajstić information content (AvgIpc) is 2.63. The van der Waals surface area contributed by atoms with E-state index in [2.05, 4.69) is 11.8 Å². The van der Waals surface area contributed by atoms with E-state index in [0.717, 1.165) is 11.3 Å². The second kappa shape index (κ2) is 3.87. The molecule has 0 saturated heterocycles. The van der Waals surface area contributed by atoms with Crippen LogP contribution in [0.2, 0.25) is 0 Å². The predicted octanol–water partition coefficient (Wildman–Crippen LogP) is 2.93. The molecule has 84 valence electrons. The third kappa shape index (κ3) is 1.69. The van der Waals surface area contributed by atoms with Crippen molar-refractivity contribution in [3.8, 4) is 23.3 Å². The average molecular weight is 245 g/mol. The van der Waals surface area contributed by atoms with E-state index in [1.165, 1.54) is 0 Å². The Morgan fingerprint density at radius 3 is 3.06 bits per heavy atom. The summed E-state index contributed by atoms with van der Waals surface area (Å²) >= 11 is 5.96. The van der Waals surface area contributed by atoms with Crippen molar-refractivity contribution >= 4 is 11.6 Å². The number of halogens is 1. The fraction of sp³-hybridized carbons (Fsp3) is 0.143. The Morgan fingerprint density at radius 2 is 2.18 bits per heavy atom. The molecule has 17 heavy (non-hydrogen) atoms. The SMILES string of the molecule is Oc1cccc2c1C1C#CC(Cl)/C=C\C=C/1O2. The first-order valence-corrected chi connectivity index (χ1v) is 5.72. The Kier molecular flexibility index (Phi) is 2.35. The first kappa shape index (κ1) is 10.3. The molecule has 1 aromatic carbocycles. The fourth-order valence-electron chi connectivity index (χ4n) is 1.97. The van der Waals surface area contributed by atoms with Gasteiger partial charge in [0, 0.05) is 0 Å². The molecule has 0 radical (unpaired) electrons. The summed E-state index contributed by atoms with van der Waals surface area (Å²) in [7, 11) is 0. The molecule has 3 rings (SSSR count). The zero-order valence-electron chi connectivity index (χ0n) is 8.85. The number of hydrogen-bond acceptors (Lipinski definition) is 2. The molecular weight excluding hydrogens is 236 g/mol. The number of ether oxygens (including phenoxy) is 1. The van der Waals surface area contributed by atoms with Gasteiger partial charge in [-0.1, -0.05) is 30.1 Å². The molecule has 2 aliphatic rings. The van der Waals surface area contributed by atoms with Gasteiger partial charge in [0.1, 0.15) is 28.6 Å². The van der Waals surface area contributed by atoms with Crippen LogP contribution in [0, 0.1) is 11.8 Å². The van der Waals surface area contributed by atoms with Crippen LogP contribution in [0.15, 0.2) is 42.2 Å². The van der Waals surface area contributed by atoms with Gasteiger partial charge >= 0.3 is 0 Å². The van der Waals surface area contributed by atoms with E-state index in [-0.39, 0.29) is 17.0 Å². The molecule has 0 saturated carbocycles. The molecule has 2 unspecified atom stereocenters. The van der Waals surface area contributed by atoms with Gasteiger partial charge in [0.2, 0.25) is 0 Å². The number of phenols is 1. The van der Waals surface area contributed by atoms with E-state index < -0.39 is 0 Å². The lowest BCUT2D eigenvalue weighted by atomic mass is 9.97. The van der Waals surface area contributed by atoms with Gasteiger partial charge in [0.05, 0.1) is 5.56 Å². The van der Waals surface area contributed by atoms with Gasteiger partial charge in [-0.3, -0.25) is 0 Å². The highest BCUT2D eigenvalue weighted by Crippen LogP contribution is 2.45. The molecule has 1 heterocycles.